The summed E-state index contributed by atoms with van der Waals surface area (Å²) in [6.07, 6.45) is 5.44. The van der Waals surface area contributed by atoms with Gasteiger partial charge >= 0.3 is 0 Å². The van der Waals surface area contributed by atoms with E-state index in [9.17, 15) is 4.79 Å². The maximum atomic E-state index is 11.7. The summed E-state index contributed by atoms with van der Waals surface area (Å²) in [5.41, 5.74) is 0.622. The fourth-order valence-corrected chi connectivity index (χ4v) is 1.88. The molecule has 0 bridgehead atoms. The van der Waals surface area contributed by atoms with Gasteiger partial charge in [0.15, 0.2) is 0 Å². The van der Waals surface area contributed by atoms with Crippen LogP contribution in [0, 0.1) is 0 Å². The molecule has 0 spiro atoms. The van der Waals surface area contributed by atoms with Crippen LogP contribution in [0.4, 0.5) is 0 Å². The predicted octanol–water partition coefficient (Wildman–Crippen LogP) is -0.674. The Balaban J connectivity index is 2.09. The molecular weight excluding hydrogens is 240 g/mol. The second-order valence-corrected chi connectivity index (χ2v) is 4.77. The van der Waals surface area contributed by atoms with Gasteiger partial charge in [-0.15, -0.1) is 0 Å². The molecule has 106 valence electrons. The molecule has 1 unspecified atom stereocenters. The number of aromatic nitrogens is 1. The van der Waals surface area contributed by atoms with E-state index < -0.39 is 0 Å². The van der Waals surface area contributed by atoms with Gasteiger partial charge in [-0.1, -0.05) is 0 Å². The number of quaternary nitrogens is 1. The number of rotatable bonds is 9. The van der Waals surface area contributed by atoms with Gasteiger partial charge < -0.3 is 15.5 Å². The van der Waals surface area contributed by atoms with E-state index in [4.69, 9.17) is 0 Å². The Morgan fingerprint density at radius 2 is 2.05 bits per heavy atom. The van der Waals surface area contributed by atoms with E-state index >= 15 is 0 Å². The van der Waals surface area contributed by atoms with Crippen LogP contribution in [0.25, 0.3) is 0 Å². The molecule has 1 amide bonds. The second-order valence-electron chi connectivity index (χ2n) is 4.77. The molecule has 1 aromatic heterocycles. The van der Waals surface area contributed by atoms with E-state index in [1.807, 2.05) is 7.05 Å². The van der Waals surface area contributed by atoms with Crippen molar-refractivity contribution in [1.29, 1.82) is 0 Å². The van der Waals surface area contributed by atoms with E-state index in [0.717, 1.165) is 32.6 Å². The van der Waals surface area contributed by atoms with Crippen molar-refractivity contribution in [3.8, 4) is 0 Å². The highest BCUT2D eigenvalue weighted by molar-refractivity contribution is 5.93. The SMILES string of the molecule is CNCCC[NH+](C)CCCNC(=O)c1cccnc1. The molecular formula is C14H25N4O+. The number of carbonyl (C=O) groups excluding carboxylic acids is 1. The number of pyridine rings is 1. The molecule has 1 heterocycles. The summed E-state index contributed by atoms with van der Waals surface area (Å²) in [7, 11) is 4.17. The Bertz CT molecular complexity index is 356. The monoisotopic (exact) mass is 265 g/mol. The van der Waals surface area contributed by atoms with Crippen molar-refractivity contribution in [2.75, 3.05) is 40.3 Å². The summed E-state index contributed by atoms with van der Waals surface area (Å²) in [4.78, 5) is 17.2. The fourth-order valence-electron chi connectivity index (χ4n) is 1.88. The van der Waals surface area contributed by atoms with Crippen LogP contribution in [0.2, 0.25) is 0 Å². The normalized spacial score (nSPS) is 12.1. The van der Waals surface area contributed by atoms with E-state index in [1.54, 1.807) is 24.5 Å². The van der Waals surface area contributed by atoms with E-state index in [2.05, 4.69) is 22.7 Å². The van der Waals surface area contributed by atoms with Gasteiger partial charge in [-0.3, -0.25) is 9.78 Å². The highest BCUT2D eigenvalue weighted by atomic mass is 16.1. The summed E-state index contributed by atoms with van der Waals surface area (Å²) >= 11 is 0. The number of hydrogen-bond donors (Lipinski definition) is 3. The molecule has 3 N–H and O–H groups in total. The van der Waals surface area contributed by atoms with Gasteiger partial charge in [-0.2, -0.15) is 0 Å². The second kappa shape index (κ2) is 9.47. The van der Waals surface area contributed by atoms with E-state index in [1.165, 1.54) is 11.3 Å². The molecule has 0 aliphatic carbocycles. The summed E-state index contributed by atoms with van der Waals surface area (Å²) in [5.74, 6) is -0.0408. The first kappa shape index (κ1) is 15.6. The van der Waals surface area contributed by atoms with Gasteiger partial charge in [0, 0.05) is 38.3 Å². The smallest absolute Gasteiger partial charge is 0.252 e. The first-order chi connectivity index (χ1) is 9.24. The highest BCUT2D eigenvalue weighted by Crippen LogP contribution is 1.94. The maximum absolute atomic E-state index is 11.7. The predicted molar refractivity (Wildman–Crippen MR) is 76.4 cm³/mol. The molecule has 5 heteroatoms. The third-order valence-corrected chi connectivity index (χ3v) is 3.02. The lowest BCUT2D eigenvalue weighted by molar-refractivity contribution is -0.879. The lowest BCUT2D eigenvalue weighted by Gasteiger charge is -2.13. The molecule has 5 nitrogen and oxygen atoms in total. The molecule has 0 radical (unpaired) electrons. The fraction of sp³-hybridized carbons (Fsp3) is 0.571. The molecule has 0 aromatic carbocycles. The summed E-state index contributed by atoms with van der Waals surface area (Å²) in [5, 5.41) is 6.06. The molecule has 19 heavy (non-hydrogen) atoms. The molecule has 0 saturated carbocycles. The number of hydrogen-bond acceptors (Lipinski definition) is 3. The topological polar surface area (TPSA) is 58.5 Å². The summed E-state index contributed by atoms with van der Waals surface area (Å²) < 4.78 is 0. The highest BCUT2D eigenvalue weighted by Gasteiger charge is 2.05. The Morgan fingerprint density at radius 3 is 2.68 bits per heavy atom. The Hall–Kier alpha value is -1.46. The Labute approximate surface area is 115 Å². The van der Waals surface area contributed by atoms with Crippen LogP contribution in [0.3, 0.4) is 0 Å². The number of amides is 1. The molecule has 1 atom stereocenters. The van der Waals surface area contributed by atoms with Crippen molar-refractivity contribution >= 4 is 5.91 Å². The van der Waals surface area contributed by atoms with Crippen LogP contribution in [0.1, 0.15) is 23.2 Å². The van der Waals surface area contributed by atoms with E-state index in [0.29, 0.717) is 5.56 Å². The van der Waals surface area contributed by atoms with E-state index in [-0.39, 0.29) is 5.91 Å². The van der Waals surface area contributed by atoms with Gasteiger partial charge in [0.1, 0.15) is 0 Å². The van der Waals surface area contributed by atoms with Gasteiger partial charge in [0.25, 0.3) is 5.91 Å². The van der Waals surface area contributed by atoms with Crippen molar-refractivity contribution in [2.45, 2.75) is 12.8 Å². The van der Waals surface area contributed by atoms with Gasteiger partial charge in [-0.25, -0.2) is 0 Å². The molecule has 0 fully saturated rings. The van der Waals surface area contributed by atoms with Crippen LogP contribution in [0.15, 0.2) is 24.5 Å². The number of nitrogens with one attached hydrogen (secondary N) is 3. The van der Waals surface area contributed by atoms with Gasteiger partial charge in [0.2, 0.25) is 0 Å². The molecule has 0 saturated heterocycles. The average molecular weight is 265 g/mol. The van der Waals surface area contributed by atoms with Crippen molar-refractivity contribution in [3.05, 3.63) is 30.1 Å². The van der Waals surface area contributed by atoms with Crippen LogP contribution in [-0.4, -0.2) is 51.2 Å². The van der Waals surface area contributed by atoms with Crippen molar-refractivity contribution in [1.82, 2.24) is 15.6 Å². The third kappa shape index (κ3) is 6.88. The Kier molecular flexibility index (Phi) is 7.77. The summed E-state index contributed by atoms with van der Waals surface area (Å²) in [6, 6.07) is 3.55. The quantitative estimate of drug-likeness (QED) is 0.519. The van der Waals surface area contributed by atoms with Crippen molar-refractivity contribution in [2.24, 2.45) is 0 Å². The Morgan fingerprint density at radius 1 is 1.32 bits per heavy atom. The van der Waals surface area contributed by atoms with Gasteiger partial charge in [-0.05, 0) is 19.2 Å². The summed E-state index contributed by atoms with van der Waals surface area (Å²) in [6.45, 7) is 4.03. The molecule has 1 aromatic rings. The van der Waals surface area contributed by atoms with Crippen LogP contribution in [-0.2, 0) is 0 Å². The standard InChI is InChI=1S/C14H24N4O/c1-15-7-4-10-18(2)11-5-9-17-14(19)13-6-3-8-16-12-13/h3,6,8,12,15H,4-5,7,9-11H2,1-2H3,(H,17,19)/p+1. The number of nitrogens with zero attached hydrogens (tertiary/aromatic N) is 1. The molecule has 0 aliphatic rings. The minimum Gasteiger partial charge on any atom is -0.352 e. The van der Waals surface area contributed by atoms with Crippen LogP contribution >= 0.6 is 0 Å². The van der Waals surface area contributed by atoms with Crippen LogP contribution in [0.5, 0.6) is 0 Å². The van der Waals surface area contributed by atoms with Crippen molar-refractivity contribution in [3.63, 3.8) is 0 Å². The zero-order chi connectivity index (χ0) is 13.9. The largest absolute Gasteiger partial charge is 0.352 e. The van der Waals surface area contributed by atoms with Crippen molar-refractivity contribution < 1.29 is 9.69 Å². The average Bonchev–Trinajstić information content (AvgIpc) is 2.44. The van der Waals surface area contributed by atoms with Gasteiger partial charge in [0.05, 0.1) is 25.7 Å². The maximum Gasteiger partial charge on any atom is 0.252 e. The lowest BCUT2D eigenvalue weighted by Crippen LogP contribution is -3.09. The number of carbonyl (C=O) groups is 1. The minimum atomic E-state index is -0.0408. The lowest BCUT2D eigenvalue weighted by atomic mass is 10.2. The molecule has 1 rings (SSSR count). The molecule has 0 aliphatic heterocycles. The minimum absolute atomic E-state index is 0.0408. The zero-order valence-electron chi connectivity index (χ0n) is 11.9. The van der Waals surface area contributed by atoms with Crippen LogP contribution < -0.4 is 15.5 Å². The zero-order valence-corrected chi connectivity index (χ0v) is 11.9. The first-order valence-electron chi connectivity index (χ1n) is 6.88. The third-order valence-electron chi connectivity index (χ3n) is 3.02. The first-order valence-corrected chi connectivity index (χ1v) is 6.88.